The summed E-state index contributed by atoms with van der Waals surface area (Å²) in [6, 6.07) is 6.98. The van der Waals surface area contributed by atoms with Gasteiger partial charge in [0.2, 0.25) is 10.0 Å². The molecule has 1 aromatic rings. The van der Waals surface area contributed by atoms with Gasteiger partial charge in [0.15, 0.2) is 0 Å². The van der Waals surface area contributed by atoms with Gasteiger partial charge >= 0.3 is 0 Å². The van der Waals surface area contributed by atoms with Crippen molar-refractivity contribution in [3.05, 3.63) is 24.3 Å². The predicted octanol–water partition coefficient (Wildman–Crippen LogP) is 2.54. The summed E-state index contributed by atoms with van der Waals surface area (Å²) in [5.74, 6) is 0. The molecule has 1 N–H and O–H groups in total. The molecule has 4 nitrogen and oxygen atoms in total. The average Bonchev–Trinajstić information content (AvgIpc) is 3.17. The van der Waals surface area contributed by atoms with Crippen molar-refractivity contribution in [2.45, 2.75) is 31.1 Å². The van der Waals surface area contributed by atoms with Crippen LogP contribution in [0.15, 0.2) is 29.2 Å². The van der Waals surface area contributed by atoms with Crippen LogP contribution in [0.1, 0.15) is 26.2 Å². The number of nitrogens with one attached hydrogen (secondary N) is 1. The molecule has 2 rings (SSSR count). The van der Waals surface area contributed by atoms with Crippen LogP contribution in [0.3, 0.4) is 0 Å². The van der Waals surface area contributed by atoms with Gasteiger partial charge in [-0.05, 0) is 48.9 Å². The molecule has 0 unspecified atom stereocenters. The fraction of sp³-hybridized carbons (Fsp3) is 0.571. The van der Waals surface area contributed by atoms with E-state index in [9.17, 15) is 8.42 Å². The normalized spacial score (nSPS) is 17.5. The summed E-state index contributed by atoms with van der Waals surface area (Å²) in [5, 5.41) is 3.40. The highest BCUT2D eigenvalue weighted by Crippen LogP contribution is 2.48. The van der Waals surface area contributed by atoms with E-state index in [-0.39, 0.29) is 0 Å². The van der Waals surface area contributed by atoms with Crippen LogP contribution in [0, 0.1) is 5.41 Å². The number of rotatable bonds is 6. The standard InChI is InChI=1S/C14H22N2O2S/c1-4-14(9-10-14)11-15-12-5-7-13(8-6-12)19(17,18)16(2)3/h5-8,15H,4,9-11H2,1-3H3. The van der Waals surface area contributed by atoms with E-state index in [1.54, 1.807) is 26.2 Å². The molecule has 0 aliphatic heterocycles. The molecule has 1 aliphatic rings. The van der Waals surface area contributed by atoms with Crippen molar-refractivity contribution < 1.29 is 8.42 Å². The van der Waals surface area contributed by atoms with Crippen LogP contribution >= 0.6 is 0 Å². The molecule has 0 heterocycles. The van der Waals surface area contributed by atoms with Crippen LogP contribution in [0.5, 0.6) is 0 Å². The summed E-state index contributed by atoms with van der Waals surface area (Å²) in [4.78, 5) is 0.333. The topological polar surface area (TPSA) is 49.4 Å². The van der Waals surface area contributed by atoms with Crippen molar-refractivity contribution >= 4 is 15.7 Å². The van der Waals surface area contributed by atoms with Gasteiger partial charge in [0.25, 0.3) is 0 Å². The lowest BCUT2D eigenvalue weighted by molar-refractivity contribution is 0.520. The molecule has 1 aromatic carbocycles. The second kappa shape index (κ2) is 5.13. The summed E-state index contributed by atoms with van der Waals surface area (Å²) < 4.78 is 25.1. The third-order valence-corrected chi connectivity index (χ3v) is 5.84. The lowest BCUT2D eigenvalue weighted by Crippen LogP contribution is -2.22. The fourth-order valence-corrected chi connectivity index (χ4v) is 2.98. The highest BCUT2D eigenvalue weighted by Gasteiger charge is 2.40. The Kier molecular flexibility index (Phi) is 3.87. The quantitative estimate of drug-likeness (QED) is 0.872. The number of benzene rings is 1. The Morgan fingerprint density at radius 2 is 1.79 bits per heavy atom. The van der Waals surface area contributed by atoms with Crippen LogP contribution < -0.4 is 5.32 Å². The van der Waals surface area contributed by atoms with Crippen molar-refractivity contribution in [3.63, 3.8) is 0 Å². The van der Waals surface area contributed by atoms with E-state index >= 15 is 0 Å². The average molecular weight is 282 g/mol. The molecule has 0 spiro atoms. The van der Waals surface area contributed by atoms with Gasteiger partial charge in [-0.2, -0.15) is 0 Å². The second-order valence-corrected chi connectivity index (χ2v) is 7.67. The second-order valence-electron chi connectivity index (χ2n) is 5.52. The van der Waals surface area contributed by atoms with Gasteiger partial charge in [-0.25, -0.2) is 12.7 Å². The van der Waals surface area contributed by atoms with Crippen molar-refractivity contribution in [2.75, 3.05) is 26.0 Å². The van der Waals surface area contributed by atoms with Crippen LogP contribution in [0.2, 0.25) is 0 Å². The van der Waals surface area contributed by atoms with E-state index in [0.29, 0.717) is 10.3 Å². The van der Waals surface area contributed by atoms with Crippen molar-refractivity contribution in [1.29, 1.82) is 0 Å². The van der Waals surface area contributed by atoms with E-state index in [1.807, 2.05) is 12.1 Å². The highest BCUT2D eigenvalue weighted by molar-refractivity contribution is 7.89. The lowest BCUT2D eigenvalue weighted by atomic mass is 10.0. The maximum atomic E-state index is 11.9. The molecule has 0 aromatic heterocycles. The molecule has 1 aliphatic carbocycles. The molecular formula is C14H22N2O2S. The maximum Gasteiger partial charge on any atom is 0.242 e. The van der Waals surface area contributed by atoms with Crippen LogP contribution in [-0.4, -0.2) is 33.4 Å². The summed E-state index contributed by atoms with van der Waals surface area (Å²) in [6.07, 6.45) is 3.79. The smallest absolute Gasteiger partial charge is 0.242 e. The van der Waals surface area contributed by atoms with Crippen molar-refractivity contribution in [3.8, 4) is 0 Å². The fourth-order valence-electron chi connectivity index (χ4n) is 2.08. The van der Waals surface area contributed by atoms with Gasteiger partial charge in [-0.3, -0.25) is 0 Å². The minimum Gasteiger partial charge on any atom is -0.384 e. The first-order valence-corrected chi connectivity index (χ1v) is 8.10. The Bertz CT molecular complexity index is 531. The Balaban J connectivity index is 2.03. The van der Waals surface area contributed by atoms with Gasteiger partial charge in [-0.15, -0.1) is 0 Å². The van der Waals surface area contributed by atoms with Gasteiger partial charge in [0.05, 0.1) is 4.90 Å². The molecule has 1 saturated carbocycles. The minimum atomic E-state index is -3.32. The van der Waals surface area contributed by atoms with E-state index in [4.69, 9.17) is 0 Å². The van der Waals surface area contributed by atoms with Crippen molar-refractivity contribution in [2.24, 2.45) is 5.41 Å². The molecule has 0 saturated heterocycles. The van der Waals surface area contributed by atoms with Gasteiger partial charge in [-0.1, -0.05) is 6.92 Å². The molecule has 0 bridgehead atoms. The maximum absolute atomic E-state index is 11.9. The van der Waals surface area contributed by atoms with E-state index in [1.165, 1.54) is 23.6 Å². The summed E-state index contributed by atoms with van der Waals surface area (Å²) >= 11 is 0. The summed E-state index contributed by atoms with van der Waals surface area (Å²) in [6.45, 7) is 3.20. The van der Waals surface area contributed by atoms with E-state index in [0.717, 1.165) is 12.2 Å². The largest absolute Gasteiger partial charge is 0.384 e. The Morgan fingerprint density at radius 3 is 2.21 bits per heavy atom. The van der Waals surface area contributed by atoms with Crippen molar-refractivity contribution in [1.82, 2.24) is 4.31 Å². The number of anilines is 1. The lowest BCUT2D eigenvalue weighted by Gasteiger charge is -2.15. The zero-order chi connectivity index (χ0) is 14.1. The Morgan fingerprint density at radius 1 is 1.21 bits per heavy atom. The first-order valence-electron chi connectivity index (χ1n) is 6.66. The molecule has 5 heteroatoms. The number of sulfonamides is 1. The molecule has 0 amide bonds. The molecule has 19 heavy (non-hydrogen) atoms. The first-order chi connectivity index (χ1) is 8.89. The minimum absolute atomic E-state index is 0.333. The molecular weight excluding hydrogens is 260 g/mol. The van der Waals surface area contributed by atoms with Gasteiger partial charge in [0, 0.05) is 26.3 Å². The van der Waals surface area contributed by atoms with E-state index in [2.05, 4.69) is 12.2 Å². The third kappa shape index (κ3) is 3.09. The van der Waals surface area contributed by atoms with Crippen LogP contribution in [0.4, 0.5) is 5.69 Å². The summed E-state index contributed by atoms with van der Waals surface area (Å²) in [7, 11) is -0.241. The van der Waals surface area contributed by atoms with Gasteiger partial charge < -0.3 is 5.32 Å². The molecule has 1 fully saturated rings. The Hall–Kier alpha value is -1.07. The highest BCUT2D eigenvalue weighted by atomic mass is 32.2. The number of nitrogens with zero attached hydrogens (tertiary/aromatic N) is 1. The van der Waals surface area contributed by atoms with Gasteiger partial charge in [0.1, 0.15) is 0 Å². The Labute approximate surface area is 115 Å². The molecule has 106 valence electrons. The zero-order valence-corrected chi connectivity index (χ0v) is 12.6. The SMILES string of the molecule is CCC1(CNc2ccc(S(=O)(=O)N(C)C)cc2)CC1. The first kappa shape index (κ1) is 14.3. The van der Waals surface area contributed by atoms with Crippen LogP contribution in [-0.2, 0) is 10.0 Å². The van der Waals surface area contributed by atoms with Crippen LogP contribution in [0.25, 0.3) is 0 Å². The third-order valence-electron chi connectivity index (χ3n) is 4.01. The zero-order valence-electron chi connectivity index (χ0n) is 11.8. The molecule has 0 radical (unpaired) electrons. The monoisotopic (exact) mass is 282 g/mol. The summed E-state index contributed by atoms with van der Waals surface area (Å²) in [5.41, 5.74) is 1.46. The molecule has 0 atom stereocenters. The van der Waals surface area contributed by atoms with E-state index < -0.39 is 10.0 Å². The number of hydrogen-bond acceptors (Lipinski definition) is 3. The predicted molar refractivity (Wildman–Crippen MR) is 77.8 cm³/mol. The number of hydrogen-bond donors (Lipinski definition) is 1.